The summed E-state index contributed by atoms with van der Waals surface area (Å²) in [6, 6.07) is 4.51. The average molecular weight is 411 g/mol. The van der Waals surface area contributed by atoms with Gasteiger partial charge in [-0.05, 0) is 40.8 Å². The molecular weight excluding hydrogens is 398 g/mol. The highest BCUT2D eigenvalue weighted by Gasteiger charge is 2.44. The number of ether oxygens (including phenoxy) is 1. The molecule has 6 nitrogen and oxygen atoms in total. The smallest absolute Gasteiger partial charge is 0.332 e. The van der Waals surface area contributed by atoms with E-state index in [1.165, 1.54) is 0 Å². The van der Waals surface area contributed by atoms with Crippen LogP contribution < -0.4 is 10.6 Å². The first-order valence-corrected chi connectivity index (χ1v) is 7.24. The van der Waals surface area contributed by atoms with E-state index in [0.717, 1.165) is 3.57 Å². The van der Waals surface area contributed by atoms with E-state index in [1.807, 2.05) is 0 Å². The van der Waals surface area contributed by atoms with Crippen molar-refractivity contribution in [3.63, 3.8) is 0 Å². The van der Waals surface area contributed by atoms with Crippen LogP contribution in [0, 0.1) is 3.57 Å². The van der Waals surface area contributed by atoms with Crippen molar-refractivity contribution in [2.75, 3.05) is 18.5 Å². The number of nitrogens with one attached hydrogen (secondary N) is 2. The van der Waals surface area contributed by atoms with Crippen molar-refractivity contribution in [2.45, 2.75) is 12.0 Å². The summed E-state index contributed by atoms with van der Waals surface area (Å²) in [5.41, 5.74) is -0.955. The van der Waals surface area contributed by atoms with E-state index in [2.05, 4.69) is 33.2 Å². The van der Waals surface area contributed by atoms with Gasteiger partial charge in [0, 0.05) is 16.6 Å². The average Bonchev–Trinajstić information content (AvgIpc) is 2.82. The molecule has 0 aliphatic carbocycles. The third-order valence-corrected chi connectivity index (χ3v) is 3.95. The fourth-order valence-corrected chi connectivity index (χ4v) is 2.75. The quantitative estimate of drug-likeness (QED) is 0.668. The minimum Gasteiger partial charge on any atom is -0.479 e. The van der Waals surface area contributed by atoms with Crippen LogP contribution in [0.2, 0.25) is 5.02 Å². The molecule has 8 heteroatoms. The Kier molecular flexibility index (Phi) is 4.71. The minimum absolute atomic E-state index is 0.0455. The lowest BCUT2D eigenvalue weighted by Crippen LogP contribution is -2.56. The van der Waals surface area contributed by atoms with Gasteiger partial charge in [0.05, 0.1) is 17.3 Å². The Labute approximate surface area is 134 Å². The number of hydrogen-bond donors (Lipinski definition) is 3. The van der Waals surface area contributed by atoms with Gasteiger partial charge in [0.1, 0.15) is 0 Å². The first kappa shape index (κ1) is 15.3. The van der Waals surface area contributed by atoms with Crippen LogP contribution in [0.15, 0.2) is 18.2 Å². The number of carbonyl (C=O) groups is 2. The second-order valence-corrected chi connectivity index (χ2v) is 6.05. The maximum absolute atomic E-state index is 11.9. The molecule has 0 bridgehead atoms. The van der Waals surface area contributed by atoms with Gasteiger partial charge in [-0.15, -0.1) is 0 Å². The number of anilines is 1. The van der Waals surface area contributed by atoms with Gasteiger partial charge < -0.3 is 20.5 Å². The van der Waals surface area contributed by atoms with Gasteiger partial charge in [0.15, 0.2) is 5.54 Å². The molecule has 20 heavy (non-hydrogen) atoms. The van der Waals surface area contributed by atoms with Crippen LogP contribution in [0.3, 0.4) is 0 Å². The van der Waals surface area contributed by atoms with E-state index >= 15 is 0 Å². The van der Waals surface area contributed by atoms with Crippen LogP contribution >= 0.6 is 34.2 Å². The number of aliphatic carboxylic acids is 1. The lowest BCUT2D eigenvalue weighted by Gasteiger charge is -2.23. The molecule has 1 aliphatic rings. The first-order valence-electron chi connectivity index (χ1n) is 5.78. The summed E-state index contributed by atoms with van der Waals surface area (Å²) < 4.78 is 6.00. The number of halogens is 2. The third kappa shape index (κ3) is 3.33. The summed E-state index contributed by atoms with van der Waals surface area (Å²) in [4.78, 5) is 23.2. The Morgan fingerprint density at radius 2 is 2.20 bits per heavy atom. The Morgan fingerprint density at radius 1 is 1.45 bits per heavy atom. The normalized spacial score (nSPS) is 21.5. The lowest BCUT2D eigenvalue weighted by atomic mass is 9.99. The number of urea groups is 1. The van der Waals surface area contributed by atoms with Crippen LogP contribution in [0.4, 0.5) is 10.5 Å². The van der Waals surface area contributed by atoms with Crippen molar-refractivity contribution in [3.05, 3.63) is 26.8 Å². The summed E-state index contributed by atoms with van der Waals surface area (Å²) in [5, 5.41) is 14.6. The second kappa shape index (κ2) is 6.15. The summed E-state index contributed by atoms with van der Waals surface area (Å²) in [6.45, 7) is 0.257. The molecule has 1 aromatic rings. The number of carbonyl (C=O) groups excluding carboxylic acids is 1. The summed E-state index contributed by atoms with van der Waals surface area (Å²) >= 11 is 8.10. The van der Waals surface area contributed by atoms with Crippen molar-refractivity contribution < 1.29 is 19.4 Å². The van der Waals surface area contributed by atoms with Crippen molar-refractivity contribution >= 4 is 51.9 Å². The molecule has 1 saturated heterocycles. The van der Waals surface area contributed by atoms with Gasteiger partial charge in [0.2, 0.25) is 0 Å². The summed E-state index contributed by atoms with van der Waals surface area (Å²) in [6.07, 6.45) is 0.232. The third-order valence-electron chi connectivity index (χ3n) is 2.96. The number of benzene rings is 1. The molecule has 2 rings (SSSR count). The van der Waals surface area contributed by atoms with Gasteiger partial charge in [-0.1, -0.05) is 11.6 Å². The Hall–Kier alpha value is -1.06. The molecule has 1 aromatic carbocycles. The van der Waals surface area contributed by atoms with Crippen molar-refractivity contribution in [2.24, 2.45) is 0 Å². The van der Waals surface area contributed by atoms with Crippen molar-refractivity contribution in [3.8, 4) is 0 Å². The standard InChI is InChI=1S/C12H12ClIN2O4/c13-8-5-7(14)1-2-9(8)15-11(19)16-12(10(17)18)3-4-20-6-12/h1-2,5H,3-4,6H2,(H,17,18)(H2,15,16,19). The predicted molar refractivity (Wildman–Crippen MR) is 82.1 cm³/mol. The zero-order chi connectivity index (χ0) is 14.8. The topological polar surface area (TPSA) is 87.7 Å². The first-order chi connectivity index (χ1) is 9.43. The van der Waals surface area contributed by atoms with Gasteiger partial charge in [-0.2, -0.15) is 0 Å². The van der Waals surface area contributed by atoms with Crippen LogP contribution in [-0.4, -0.2) is 35.9 Å². The molecule has 0 spiro atoms. The van der Waals surface area contributed by atoms with Gasteiger partial charge in [-0.3, -0.25) is 0 Å². The maximum atomic E-state index is 11.9. The molecular formula is C12H12ClIN2O4. The molecule has 2 amide bonds. The highest BCUT2D eigenvalue weighted by molar-refractivity contribution is 14.1. The monoisotopic (exact) mass is 410 g/mol. The molecule has 108 valence electrons. The summed E-state index contributed by atoms with van der Waals surface area (Å²) in [7, 11) is 0. The van der Waals surface area contributed by atoms with Crippen LogP contribution in [0.25, 0.3) is 0 Å². The minimum atomic E-state index is -1.38. The number of amides is 2. The number of carboxylic acid groups (broad SMARTS) is 1. The molecule has 1 atom stereocenters. The van der Waals surface area contributed by atoms with E-state index in [0.29, 0.717) is 17.3 Å². The fraction of sp³-hybridized carbons (Fsp3) is 0.333. The van der Waals surface area contributed by atoms with Gasteiger partial charge >= 0.3 is 12.0 Å². The zero-order valence-corrected chi connectivity index (χ0v) is 13.2. The highest BCUT2D eigenvalue weighted by Crippen LogP contribution is 2.24. The van der Waals surface area contributed by atoms with E-state index in [1.54, 1.807) is 18.2 Å². The number of carboxylic acids is 1. The molecule has 1 heterocycles. The van der Waals surface area contributed by atoms with E-state index in [9.17, 15) is 14.7 Å². The summed E-state index contributed by atoms with van der Waals surface area (Å²) in [5.74, 6) is -1.11. The molecule has 0 saturated carbocycles. The van der Waals surface area contributed by atoms with Gasteiger partial charge in [0.25, 0.3) is 0 Å². The Balaban J connectivity index is 2.07. The molecule has 1 unspecified atom stereocenters. The molecule has 1 fully saturated rings. The Bertz CT molecular complexity index is 546. The van der Waals surface area contributed by atoms with Crippen LogP contribution in [0.1, 0.15) is 6.42 Å². The van der Waals surface area contributed by atoms with Crippen molar-refractivity contribution in [1.82, 2.24) is 5.32 Å². The zero-order valence-electron chi connectivity index (χ0n) is 10.3. The van der Waals surface area contributed by atoms with Gasteiger partial charge in [-0.25, -0.2) is 9.59 Å². The van der Waals surface area contributed by atoms with E-state index in [4.69, 9.17) is 16.3 Å². The molecule has 0 radical (unpaired) electrons. The SMILES string of the molecule is O=C(Nc1ccc(I)cc1Cl)NC1(C(=O)O)CCOC1. The number of rotatable bonds is 3. The number of hydrogen-bond acceptors (Lipinski definition) is 3. The molecule has 0 aromatic heterocycles. The van der Waals surface area contributed by atoms with Crippen LogP contribution in [0.5, 0.6) is 0 Å². The predicted octanol–water partition coefficient (Wildman–Crippen LogP) is 2.31. The largest absolute Gasteiger partial charge is 0.479 e. The lowest BCUT2D eigenvalue weighted by molar-refractivity contribution is -0.144. The Morgan fingerprint density at radius 3 is 2.75 bits per heavy atom. The second-order valence-electron chi connectivity index (χ2n) is 4.39. The van der Waals surface area contributed by atoms with E-state index in [-0.39, 0.29) is 13.0 Å². The van der Waals surface area contributed by atoms with Crippen LogP contribution in [-0.2, 0) is 9.53 Å². The van der Waals surface area contributed by atoms with E-state index < -0.39 is 17.5 Å². The maximum Gasteiger partial charge on any atom is 0.332 e. The highest BCUT2D eigenvalue weighted by atomic mass is 127. The van der Waals surface area contributed by atoms with Crippen molar-refractivity contribution in [1.29, 1.82) is 0 Å². The molecule has 1 aliphatic heterocycles. The fourth-order valence-electron chi connectivity index (χ4n) is 1.85. The molecule has 3 N–H and O–H groups in total.